The van der Waals surface area contributed by atoms with Gasteiger partial charge in [0.05, 0.1) is 19.2 Å². The van der Waals surface area contributed by atoms with Gasteiger partial charge in [-0.1, -0.05) is 11.6 Å². The van der Waals surface area contributed by atoms with Gasteiger partial charge in [-0.2, -0.15) is 0 Å². The Hall–Kier alpha value is -2.21. The molecule has 1 heterocycles. The second-order valence-electron chi connectivity index (χ2n) is 5.68. The minimum absolute atomic E-state index is 0.159. The maximum absolute atomic E-state index is 12.1. The van der Waals surface area contributed by atoms with E-state index in [9.17, 15) is 9.59 Å². The Morgan fingerprint density at radius 1 is 1.20 bits per heavy atom. The normalized spacial score (nSPS) is 15.3. The van der Waals surface area contributed by atoms with Crippen molar-refractivity contribution < 1.29 is 23.8 Å². The molecule has 1 aromatic rings. The molecule has 0 aliphatic carbocycles. The van der Waals surface area contributed by atoms with Gasteiger partial charge in [0.2, 0.25) is 0 Å². The molecule has 6 nitrogen and oxygen atoms in total. The van der Waals surface area contributed by atoms with Gasteiger partial charge >= 0.3 is 5.97 Å². The van der Waals surface area contributed by atoms with Gasteiger partial charge in [-0.15, -0.1) is 0 Å². The number of esters is 1. The number of amides is 1. The SMILES string of the molecule is COc1cc(/C=C/C(=O)O[C@@H](C)C(=O)N2CCCC2)cc(Cl)c1OC. The third-order valence-corrected chi connectivity index (χ3v) is 4.21. The van der Waals surface area contributed by atoms with Gasteiger partial charge < -0.3 is 19.1 Å². The van der Waals surface area contributed by atoms with Crippen LogP contribution in [0.3, 0.4) is 0 Å². The number of hydrogen-bond acceptors (Lipinski definition) is 5. The van der Waals surface area contributed by atoms with Crippen LogP contribution < -0.4 is 9.47 Å². The summed E-state index contributed by atoms with van der Waals surface area (Å²) in [5.74, 6) is 0.133. The fourth-order valence-electron chi connectivity index (χ4n) is 2.66. The van der Waals surface area contributed by atoms with E-state index in [-0.39, 0.29) is 5.91 Å². The molecule has 1 amide bonds. The molecule has 1 fully saturated rings. The average Bonchev–Trinajstić information content (AvgIpc) is 3.13. The van der Waals surface area contributed by atoms with E-state index in [2.05, 4.69) is 0 Å². The third-order valence-electron chi connectivity index (χ3n) is 3.93. The van der Waals surface area contributed by atoms with Crippen LogP contribution in [-0.2, 0) is 14.3 Å². The lowest BCUT2D eigenvalue weighted by atomic mass is 10.2. The lowest BCUT2D eigenvalue weighted by Gasteiger charge is -2.19. The summed E-state index contributed by atoms with van der Waals surface area (Å²) in [6, 6.07) is 3.33. The maximum atomic E-state index is 12.1. The Bertz CT molecular complexity index is 668. The first-order chi connectivity index (χ1) is 12.0. The van der Waals surface area contributed by atoms with Gasteiger partial charge in [0.15, 0.2) is 17.6 Å². The van der Waals surface area contributed by atoms with E-state index in [1.165, 1.54) is 20.3 Å². The summed E-state index contributed by atoms with van der Waals surface area (Å²) >= 11 is 6.12. The molecular weight excluding hydrogens is 346 g/mol. The molecule has 2 rings (SSSR count). The van der Waals surface area contributed by atoms with Crippen LogP contribution in [0.1, 0.15) is 25.3 Å². The monoisotopic (exact) mass is 367 g/mol. The van der Waals surface area contributed by atoms with Crippen LogP contribution >= 0.6 is 11.6 Å². The van der Waals surface area contributed by atoms with Crippen LogP contribution in [-0.4, -0.2) is 50.2 Å². The molecule has 136 valence electrons. The molecule has 0 radical (unpaired) electrons. The number of nitrogens with zero attached hydrogens (tertiary/aromatic N) is 1. The largest absolute Gasteiger partial charge is 0.493 e. The lowest BCUT2D eigenvalue weighted by molar-refractivity contribution is -0.154. The van der Waals surface area contributed by atoms with Crippen molar-refractivity contribution in [3.8, 4) is 11.5 Å². The average molecular weight is 368 g/mol. The molecule has 0 unspecified atom stereocenters. The number of ether oxygens (including phenoxy) is 3. The summed E-state index contributed by atoms with van der Waals surface area (Å²) in [6.07, 6.45) is 3.98. The summed E-state index contributed by atoms with van der Waals surface area (Å²) in [4.78, 5) is 25.8. The van der Waals surface area contributed by atoms with Crippen molar-refractivity contribution in [2.45, 2.75) is 25.9 Å². The fraction of sp³-hybridized carbons (Fsp3) is 0.444. The van der Waals surface area contributed by atoms with E-state index in [0.29, 0.717) is 22.1 Å². The lowest BCUT2D eigenvalue weighted by Crippen LogP contribution is -2.37. The second-order valence-corrected chi connectivity index (χ2v) is 6.09. The van der Waals surface area contributed by atoms with Gasteiger partial charge in [-0.25, -0.2) is 4.79 Å². The predicted molar refractivity (Wildman–Crippen MR) is 95.0 cm³/mol. The first kappa shape index (κ1) is 19.1. The zero-order chi connectivity index (χ0) is 18.4. The van der Waals surface area contributed by atoms with Crippen LogP contribution in [0.5, 0.6) is 11.5 Å². The van der Waals surface area contributed by atoms with Crippen molar-refractivity contribution in [1.82, 2.24) is 4.90 Å². The standard InChI is InChI=1S/C18H22ClNO5/c1-12(18(22)20-8-4-5-9-20)25-16(21)7-6-13-10-14(19)17(24-3)15(11-13)23-2/h6-7,10-12H,4-5,8-9H2,1-3H3/b7-6+/t12-/m0/s1. The van der Waals surface area contributed by atoms with Crippen molar-refractivity contribution in [2.24, 2.45) is 0 Å². The number of carbonyl (C=O) groups excluding carboxylic acids is 2. The molecule has 1 atom stereocenters. The van der Waals surface area contributed by atoms with Gasteiger partial charge in [-0.3, -0.25) is 4.79 Å². The maximum Gasteiger partial charge on any atom is 0.331 e. The number of carbonyl (C=O) groups is 2. The molecule has 0 N–H and O–H groups in total. The smallest absolute Gasteiger partial charge is 0.331 e. The molecular formula is C18H22ClNO5. The van der Waals surface area contributed by atoms with Crippen LogP contribution in [0.25, 0.3) is 6.08 Å². The highest BCUT2D eigenvalue weighted by Crippen LogP contribution is 2.36. The van der Waals surface area contributed by atoms with Crippen molar-refractivity contribution in [3.63, 3.8) is 0 Å². The van der Waals surface area contributed by atoms with E-state index in [0.717, 1.165) is 25.9 Å². The topological polar surface area (TPSA) is 65.1 Å². The first-order valence-corrected chi connectivity index (χ1v) is 8.43. The molecule has 25 heavy (non-hydrogen) atoms. The molecule has 0 spiro atoms. The third kappa shape index (κ3) is 4.89. The van der Waals surface area contributed by atoms with E-state index in [1.807, 2.05) is 0 Å². The molecule has 7 heteroatoms. The van der Waals surface area contributed by atoms with E-state index in [1.54, 1.807) is 30.0 Å². The van der Waals surface area contributed by atoms with Crippen LogP contribution in [0, 0.1) is 0 Å². The van der Waals surface area contributed by atoms with Crippen LogP contribution in [0.4, 0.5) is 0 Å². The zero-order valence-corrected chi connectivity index (χ0v) is 15.3. The van der Waals surface area contributed by atoms with E-state index >= 15 is 0 Å². The molecule has 1 saturated heterocycles. The molecule has 0 saturated carbocycles. The predicted octanol–water partition coefficient (Wildman–Crippen LogP) is 2.92. The molecule has 0 aromatic heterocycles. The first-order valence-electron chi connectivity index (χ1n) is 8.05. The van der Waals surface area contributed by atoms with Crippen LogP contribution in [0.2, 0.25) is 5.02 Å². The van der Waals surface area contributed by atoms with Crippen molar-refractivity contribution in [1.29, 1.82) is 0 Å². The van der Waals surface area contributed by atoms with Crippen molar-refractivity contribution in [2.75, 3.05) is 27.3 Å². The number of halogens is 1. The van der Waals surface area contributed by atoms with Gasteiger partial charge in [0, 0.05) is 19.2 Å². The van der Waals surface area contributed by atoms with Crippen LogP contribution in [0.15, 0.2) is 18.2 Å². The summed E-state index contributed by atoms with van der Waals surface area (Å²) in [5.41, 5.74) is 0.651. The fourth-order valence-corrected chi connectivity index (χ4v) is 2.95. The minimum atomic E-state index is -0.802. The number of likely N-dealkylation sites (tertiary alicyclic amines) is 1. The van der Waals surface area contributed by atoms with E-state index < -0.39 is 12.1 Å². The number of hydrogen-bond donors (Lipinski definition) is 0. The van der Waals surface area contributed by atoms with Crippen molar-refractivity contribution in [3.05, 3.63) is 28.8 Å². The second kappa shape index (κ2) is 8.76. The zero-order valence-electron chi connectivity index (χ0n) is 14.6. The van der Waals surface area contributed by atoms with Crippen molar-refractivity contribution >= 4 is 29.6 Å². The van der Waals surface area contributed by atoms with Gasteiger partial charge in [0.25, 0.3) is 5.91 Å². The summed E-state index contributed by atoms with van der Waals surface area (Å²) in [5, 5.41) is 0.368. The summed E-state index contributed by atoms with van der Waals surface area (Å²) in [6.45, 7) is 3.03. The Balaban J connectivity index is 2.00. The molecule has 1 aromatic carbocycles. The highest BCUT2D eigenvalue weighted by atomic mass is 35.5. The highest BCUT2D eigenvalue weighted by molar-refractivity contribution is 6.32. The highest BCUT2D eigenvalue weighted by Gasteiger charge is 2.25. The summed E-state index contributed by atoms with van der Waals surface area (Å²) in [7, 11) is 3.00. The minimum Gasteiger partial charge on any atom is -0.493 e. The molecule has 1 aliphatic heterocycles. The quantitative estimate of drug-likeness (QED) is 0.571. The Kier molecular flexibility index (Phi) is 6.70. The van der Waals surface area contributed by atoms with Gasteiger partial charge in [0.1, 0.15) is 0 Å². The molecule has 1 aliphatic rings. The van der Waals surface area contributed by atoms with Gasteiger partial charge in [-0.05, 0) is 43.5 Å². The number of methoxy groups -OCH3 is 2. The summed E-state index contributed by atoms with van der Waals surface area (Å²) < 4.78 is 15.5. The number of rotatable bonds is 6. The Labute approximate surface area is 152 Å². The van der Waals surface area contributed by atoms with E-state index in [4.69, 9.17) is 25.8 Å². The number of benzene rings is 1. The molecule has 0 bridgehead atoms. The Morgan fingerprint density at radius 2 is 1.88 bits per heavy atom. The Morgan fingerprint density at radius 3 is 2.48 bits per heavy atom.